The second-order valence-corrected chi connectivity index (χ2v) is 4.76. The highest BCUT2D eigenvalue weighted by molar-refractivity contribution is 5.87. The van der Waals surface area contributed by atoms with Crippen molar-refractivity contribution < 1.29 is 9.53 Å². The van der Waals surface area contributed by atoms with Crippen molar-refractivity contribution in [3.8, 4) is 0 Å². The molecule has 0 fully saturated rings. The van der Waals surface area contributed by atoms with Crippen LogP contribution >= 0.6 is 0 Å². The van der Waals surface area contributed by atoms with E-state index in [0.29, 0.717) is 13.2 Å². The fraction of sp³-hybridized carbons (Fsp3) is 0.400. The zero-order valence-electron chi connectivity index (χ0n) is 11.1. The second-order valence-electron chi connectivity index (χ2n) is 4.76. The normalized spacial score (nSPS) is 14.4. The number of fused-ring (bicyclic) bond motifs is 3. The molecule has 2 aromatic rings. The molecule has 3 rings (SSSR count). The van der Waals surface area contributed by atoms with Crippen LogP contribution in [0.2, 0.25) is 0 Å². The Balaban J connectivity index is 2.09. The van der Waals surface area contributed by atoms with E-state index in [2.05, 4.69) is 22.0 Å². The summed E-state index contributed by atoms with van der Waals surface area (Å²) in [5.74, 6) is -0.162. The van der Waals surface area contributed by atoms with Gasteiger partial charge in [0.2, 0.25) is 0 Å². The second kappa shape index (κ2) is 5.05. The number of esters is 1. The molecule has 0 amide bonds. The van der Waals surface area contributed by atoms with Crippen molar-refractivity contribution in [2.24, 2.45) is 0 Å². The molecule has 100 valence electrons. The third-order valence-electron chi connectivity index (χ3n) is 3.63. The highest BCUT2D eigenvalue weighted by Gasteiger charge is 2.20. The lowest BCUT2D eigenvalue weighted by atomic mass is 10.1. The fourth-order valence-electron chi connectivity index (χ4n) is 2.85. The van der Waals surface area contributed by atoms with Crippen LogP contribution in [0.4, 0.5) is 0 Å². The number of benzene rings is 1. The molecule has 0 saturated carbocycles. The molecular formula is C15H18N2O2. The molecule has 1 aromatic carbocycles. The number of rotatable bonds is 3. The molecule has 0 bridgehead atoms. The summed E-state index contributed by atoms with van der Waals surface area (Å²) >= 11 is 0. The van der Waals surface area contributed by atoms with Crippen LogP contribution < -0.4 is 5.32 Å². The smallest absolute Gasteiger partial charge is 0.325 e. The number of ether oxygens (including phenoxy) is 1. The number of nitrogens with one attached hydrogen (secondary N) is 1. The molecule has 1 aliphatic rings. The van der Waals surface area contributed by atoms with Gasteiger partial charge in [-0.15, -0.1) is 0 Å². The van der Waals surface area contributed by atoms with E-state index < -0.39 is 0 Å². The molecule has 0 saturated heterocycles. The van der Waals surface area contributed by atoms with Gasteiger partial charge in [-0.1, -0.05) is 18.2 Å². The van der Waals surface area contributed by atoms with Gasteiger partial charge in [0.15, 0.2) is 0 Å². The van der Waals surface area contributed by atoms with Gasteiger partial charge in [-0.25, -0.2) is 0 Å². The number of para-hydroxylation sites is 1. The summed E-state index contributed by atoms with van der Waals surface area (Å²) in [5, 5.41) is 4.64. The van der Waals surface area contributed by atoms with Gasteiger partial charge in [-0.3, -0.25) is 4.79 Å². The van der Waals surface area contributed by atoms with E-state index >= 15 is 0 Å². The first-order valence-electron chi connectivity index (χ1n) is 6.76. The molecule has 1 aliphatic heterocycles. The van der Waals surface area contributed by atoms with Gasteiger partial charge in [0.05, 0.1) is 6.61 Å². The van der Waals surface area contributed by atoms with Gasteiger partial charge in [0.25, 0.3) is 0 Å². The average molecular weight is 258 g/mol. The number of aromatic nitrogens is 1. The summed E-state index contributed by atoms with van der Waals surface area (Å²) in [7, 11) is 0. The van der Waals surface area contributed by atoms with Gasteiger partial charge in [0.1, 0.15) is 6.54 Å². The summed E-state index contributed by atoms with van der Waals surface area (Å²) in [5.41, 5.74) is 3.73. The fourth-order valence-corrected chi connectivity index (χ4v) is 2.85. The molecule has 0 radical (unpaired) electrons. The summed E-state index contributed by atoms with van der Waals surface area (Å²) in [6, 6.07) is 8.27. The summed E-state index contributed by atoms with van der Waals surface area (Å²) < 4.78 is 7.19. The molecule has 4 heteroatoms. The van der Waals surface area contributed by atoms with Gasteiger partial charge in [-0.05, 0) is 18.6 Å². The predicted octanol–water partition coefficient (Wildman–Crippen LogP) is 1.85. The third-order valence-corrected chi connectivity index (χ3v) is 3.63. The van der Waals surface area contributed by atoms with Crippen LogP contribution in [0.3, 0.4) is 0 Å². The van der Waals surface area contributed by atoms with Crippen molar-refractivity contribution in [2.45, 2.75) is 26.4 Å². The lowest BCUT2D eigenvalue weighted by Gasteiger charge is -2.16. The first kappa shape index (κ1) is 12.2. The summed E-state index contributed by atoms with van der Waals surface area (Å²) in [6.07, 6.45) is 0.962. The first-order valence-corrected chi connectivity index (χ1v) is 6.76. The number of hydrogen-bond acceptors (Lipinski definition) is 3. The molecule has 2 heterocycles. The van der Waals surface area contributed by atoms with Gasteiger partial charge in [0, 0.05) is 36.1 Å². The molecular weight excluding hydrogens is 240 g/mol. The molecule has 0 unspecified atom stereocenters. The Labute approximate surface area is 112 Å². The Morgan fingerprint density at radius 2 is 2.26 bits per heavy atom. The maximum absolute atomic E-state index is 11.8. The van der Waals surface area contributed by atoms with Gasteiger partial charge < -0.3 is 14.6 Å². The lowest BCUT2D eigenvalue weighted by molar-refractivity contribution is -0.143. The largest absolute Gasteiger partial charge is 0.465 e. The quantitative estimate of drug-likeness (QED) is 0.854. The summed E-state index contributed by atoms with van der Waals surface area (Å²) in [4.78, 5) is 11.8. The zero-order valence-corrected chi connectivity index (χ0v) is 11.1. The Hall–Kier alpha value is -1.81. The number of carbonyl (C=O) groups excluding carboxylic acids is 1. The van der Waals surface area contributed by atoms with E-state index in [9.17, 15) is 4.79 Å². The van der Waals surface area contributed by atoms with Crippen molar-refractivity contribution >= 4 is 16.9 Å². The van der Waals surface area contributed by atoms with E-state index in [1.54, 1.807) is 0 Å². The Morgan fingerprint density at radius 1 is 1.42 bits per heavy atom. The molecule has 0 atom stereocenters. The van der Waals surface area contributed by atoms with E-state index in [4.69, 9.17) is 4.74 Å². The third kappa shape index (κ3) is 2.12. The van der Waals surface area contributed by atoms with Crippen LogP contribution in [0.1, 0.15) is 18.2 Å². The number of nitrogens with zero attached hydrogens (tertiary/aromatic N) is 1. The van der Waals surface area contributed by atoms with Crippen molar-refractivity contribution in [1.29, 1.82) is 0 Å². The van der Waals surface area contributed by atoms with E-state index in [-0.39, 0.29) is 5.97 Å². The SMILES string of the molecule is CCOC(=O)Cn1c2c(c3ccccc31)CNCC2. The molecule has 0 spiro atoms. The minimum Gasteiger partial charge on any atom is -0.465 e. The molecule has 1 N–H and O–H groups in total. The first-order chi connectivity index (χ1) is 9.31. The van der Waals surface area contributed by atoms with Crippen molar-refractivity contribution in [1.82, 2.24) is 9.88 Å². The highest BCUT2D eigenvalue weighted by Crippen LogP contribution is 2.28. The van der Waals surface area contributed by atoms with E-state index in [1.165, 1.54) is 16.6 Å². The van der Waals surface area contributed by atoms with Crippen molar-refractivity contribution in [3.05, 3.63) is 35.5 Å². The van der Waals surface area contributed by atoms with Crippen LogP contribution in [-0.2, 0) is 29.0 Å². The minimum atomic E-state index is -0.162. The van der Waals surface area contributed by atoms with E-state index in [0.717, 1.165) is 25.0 Å². The van der Waals surface area contributed by atoms with Crippen LogP contribution in [0.5, 0.6) is 0 Å². The Morgan fingerprint density at radius 3 is 3.11 bits per heavy atom. The van der Waals surface area contributed by atoms with Crippen molar-refractivity contribution in [2.75, 3.05) is 13.2 Å². The van der Waals surface area contributed by atoms with Crippen LogP contribution in [-0.4, -0.2) is 23.7 Å². The number of carbonyl (C=O) groups is 1. The minimum absolute atomic E-state index is 0.162. The number of hydrogen-bond donors (Lipinski definition) is 1. The van der Waals surface area contributed by atoms with Crippen LogP contribution in [0, 0.1) is 0 Å². The molecule has 0 aliphatic carbocycles. The van der Waals surface area contributed by atoms with Crippen LogP contribution in [0.25, 0.3) is 10.9 Å². The van der Waals surface area contributed by atoms with Crippen LogP contribution in [0.15, 0.2) is 24.3 Å². The highest BCUT2D eigenvalue weighted by atomic mass is 16.5. The van der Waals surface area contributed by atoms with E-state index in [1.807, 2.05) is 19.1 Å². The lowest BCUT2D eigenvalue weighted by Crippen LogP contribution is -2.25. The molecule has 4 nitrogen and oxygen atoms in total. The van der Waals surface area contributed by atoms with Crippen molar-refractivity contribution in [3.63, 3.8) is 0 Å². The Bertz CT molecular complexity index is 616. The molecule has 1 aromatic heterocycles. The predicted molar refractivity (Wildman–Crippen MR) is 74.0 cm³/mol. The topological polar surface area (TPSA) is 43.3 Å². The maximum Gasteiger partial charge on any atom is 0.325 e. The monoisotopic (exact) mass is 258 g/mol. The zero-order chi connectivity index (χ0) is 13.2. The standard InChI is InChI=1S/C15H18N2O2/c1-2-19-15(18)10-17-13-6-4-3-5-11(13)12-9-16-8-7-14(12)17/h3-6,16H,2,7-10H2,1H3. The van der Waals surface area contributed by atoms with Gasteiger partial charge >= 0.3 is 5.97 Å². The Kier molecular flexibility index (Phi) is 3.25. The summed E-state index contributed by atoms with van der Waals surface area (Å²) in [6.45, 7) is 4.42. The van der Waals surface area contributed by atoms with Gasteiger partial charge in [-0.2, -0.15) is 0 Å². The molecule has 19 heavy (non-hydrogen) atoms. The maximum atomic E-state index is 11.8. The average Bonchev–Trinajstić information content (AvgIpc) is 2.75.